The van der Waals surface area contributed by atoms with Gasteiger partial charge in [0.05, 0.1) is 0 Å². The van der Waals surface area contributed by atoms with Crippen molar-refractivity contribution in [1.82, 2.24) is 4.98 Å². The minimum Gasteiger partial charge on any atom is -0.487 e. The summed E-state index contributed by atoms with van der Waals surface area (Å²) in [7, 11) is 0. The van der Waals surface area contributed by atoms with E-state index in [1.165, 1.54) is 0 Å². The lowest BCUT2D eigenvalue weighted by Gasteiger charge is -2.22. The number of hydrogen-bond donors (Lipinski definition) is 0. The van der Waals surface area contributed by atoms with Crippen LogP contribution in [-0.4, -0.2) is 17.2 Å². The monoisotopic (exact) mass is 243 g/mol. The summed E-state index contributed by atoms with van der Waals surface area (Å²) in [5.74, 6) is 1.47. The lowest BCUT2D eigenvalue weighted by Crippen LogP contribution is -2.31. The Morgan fingerprint density at radius 1 is 0.833 bits per heavy atom. The zero-order valence-corrected chi connectivity index (χ0v) is 10.6. The third-order valence-electron chi connectivity index (χ3n) is 2.67. The van der Waals surface area contributed by atoms with Crippen molar-refractivity contribution in [3.05, 3.63) is 54.7 Å². The smallest absolute Gasteiger partial charge is 0.213 e. The van der Waals surface area contributed by atoms with Gasteiger partial charge in [-0.05, 0) is 32.0 Å². The van der Waals surface area contributed by atoms with E-state index in [1.807, 2.05) is 62.4 Å². The number of aromatic nitrogens is 1. The van der Waals surface area contributed by atoms with Crippen LogP contribution in [0.5, 0.6) is 11.6 Å². The lowest BCUT2D eigenvalue weighted by atomic mass is 10.2. The molecule has 0 aliphatic carbocycles. The molecular formula is C15H17NO2. The average molecular weight is 243 g/mol. The van der Waals surface area contributed by atoms with Gasteiger partial charge in [-0.2, -0.15) is 0 Å². The Balaban J connectivity index is 1.91. The molecule has 18 heavy (non-hydrogen) atoms. The zero-order valence-electron chi connectivity index (χ0n) is 10.6. The van der Waals surface area contributed by atoms with Gasteiger partial charge in [-0.1, -0.05) is 24.3 Å². The summed E-state index contributed by atoms with van der Waals surface area (Å²) in [6.07, 6.45) is 1.60. The number of rotatable bonds is 5. The molecule has 0 spiro atoms. The van der Waals surface area contributed by atoms with E-state index in [0.29, 0.717) is 5.88 Å². The quantitative estimate of drug-likeness (QED) is 0.807. The van der Waals surface area contributed by atoms with Crippen LogP contribution in [0.25, 0.3) is 0 Å². The molecule has 0 aliphatic rings. The van der Waals surface area contributed by atoms with Gasteiger partial charge < -0.3 is 9.47 Å². The Hall–Kier alpha value is -2.03. The molecule has 0 fully saturated rings. The van der Waals surface area contributed by atoms with Crippen LogP contribution in [0.15, 0.2) is 54.7 Å². The number of benzene rings is 1. The second kappa shape index (κ2) is 6.05. The molecule has 1 aromatic heterocycles. The Kier molecular flexibility index (Phi) is 4.18. The van der Waals surface area contributed by atoms with E-state index < -0.39 is 0 Å². The standard InChI is InChI=1S/C15H17NO2/c1-12(17-14-8-4-3-5-9-14)13(2)18-15-10-6-7-11-16-15/h3-13H,1-2H3. The van der Waals surface area contributed by atoms with E-state index in [4.69, 9.17) is 9.47 Å². The third-order valence-corrected chi connectivity index (χ3v) is 2.67. The van der Waals surface area contributed by atoms with Gasteiger partial charge in [0.25, 0.3) is 0 Å². The van der Waals surface area contributed by atoms with Gasteiger partial charge in [-0.15, -0.1) is 0 Å². The molecule has 3 heteroatoms. The minimum atomic E-state index is -0.0693. The predicted molar refractivity (Wildman–Crippen MR) is 70.9 cm³/mol. The van der Waals surface area contributed by atoms with Crippen LogP contribution >= 0.6 is 0 Å². The van der Waals surface area contributed by atoms with Crippen molar-refractivity contribution in [1.29, 1.82) is 0 Å². The summed E-state index contributed by atoms with van der Waals surface area (Å²) >= 11 is 0. The molecule has 2 atom stereocenters. The highest BCUT2D eigenvalue weighted by Gasteiger charge is 2.15. The van der Waals surface area contributed by atoms with Crippen LogP contribution in [0.2, 0.25) is 0 Å². The van der Waals surface area contributed by atoms with Gasteiger partial charge in [-0.25, -0.2) is 4.98 Å². The molecule has 0 radical (unpaired) electrons. The zero-order chi connectivity index (χ0) is 12.8. The third kappa shape index (κ3) is 3.48. The van der Waals surface area contributed by atoms with E-state index >= 15 is 0 Å². The first-order chi connectivity index (χ1) is 8.75. The largest absolute Gasteiger partial charge is 0.487 e. The second-order valence-electron chi connectivity index (χ2n) is 4.13. The normalized spacial score (nSPS) is 13.7. The topological polar surface area (TPSA) is 31.4 Å². The summed E-state index contributed by atoms with van der Waals surface area (Å²) < 4.78 is 11.5. The highest BCUT2D eigenvalue weighted by molar-refractivity contribution is 5.21. The van der Waals surface area contributed by atoms with Gasteiger partial charge in [0.1, 0.15) is 18.0 Å². The van der Waals surface area contributed by atoms with E-state index in [9.17, 15) is 0 Å². The first-order valence-corrected chi connectivity index (χ1v) is 6.05. The molecule has 0 saturated carbocycles. The average Bonchev–Trinajstić information content (AvgIpc) is 2.41. The number of para-hydroxylation sites is 1. The van der Waals surface area contributed by atoms with Gasteiger partial charge in [0.15, 0.2) is 0 Å². The molecule has 0 aliphatic heterocycles. The van der Waals surface area contributed by atoms with E-state index in [1.54, 1.807) is 6.20 Å². The molecule has 0 bridgehead atoms. The maximum absolute atomic E-state index is 5.80. The highest BCUT2D eigenvalue weighted by Crippen LogP contribution is 2.15. The van der Waals surface area contributed by atoms with Crippen molar-refractivity contribution in [3.8, 4) is 11.6 Å². The summed E-state index contributed by atoms with van der Waals surface area (Å²) in [6.45, 7) is 3.96. The molecule has 1 heterocycles. The molecule has 0 saturated heterocycles. The number of hydrogen-bond acceptors (Lipinski definition) is 3. The first kappa shape index (κ1) is 12.4. The Labute approximate surface area is 107 Å². The van der Waals surface area contributed by atoms with Crippen molar-refractivity contribution >= 4 is 0 Å². The fraction of sp³-hybridized carbons (Fsp3) is 0.267. The van der Waals surface area contributed by atoms with Gasteiger partial charge in [0.2, 0.25) is 5.88 Å². The van der Waals surface area contributed by atoms with Crippen LogP contribution < -0.4 is 9.47 Å². The first-order valence-electron chi connectivity index (χ1n) is 6.05. The predicted octanol–water partition coefficient (Wildman–Crippen LogP) is 3.32. The summed E-state index contributed by atoms with van der Waals surface area (Å²) in [4.78, 5) is 4.13. The van der Waals surface area contributed by atoms with Gasteiger partial charge in [-0.3, -0.25) is 0 Å². The van der Waals surface area contributed by atoms with Crippen LogP contribution in [0.1, 0.15) is 13.8 Å². The van der Waals surface area contributed by atoms with Crippen LogP contribution in [0.3, 0.4) is 0 Å². The molecule has 3 nitrogen and oxygen atoms in total. The Morgan fingerprint density at radius 2 is 1.50 bits per heavy atom. The van der Waals surface area contributed by atoms with Crippen molar-refractivity contribution in [3.63, 3.8) is 0 Å². The van der Waals surface area contributed by atoms with E-state index in [2.05, 4.69) is 4.98 Å². The minimum absolute atomic E-state index is 0.0468. The molecule has 2 unspecified atom stereocenters. The fourth-order valence-electron chi connectivity index (χ4n) is 1.51. The molecule has 0 amide bonds. The second-order valence-corrected chi connectivity index (χ2v) is 4.13. The van der Waals surface area contributed by atoms with Gasteiger partial charge in [0, 0.05) is 12.3 Å². The molecule has 2 rings (SSSR count). The molecule has 94 valence electrons. The van der Waals surface area contributed by atoms with Crippen LogP contribution in [-0.2, 0) is 0 Å². The van der Waals surface area contributed by atoms with Crippen molar-refractivity contribution < 1.29 is 9.47 Å². The number of pyridine rings is 1. The van der Waals surface area contributed by atoms with Gasteiger partial charge >= 0.3 is 0 Å². The Morgan fingerprint density at radius 3 is 2.17 bits per heavy atom. The maximum Gasteiger partial charge on any atom is 0.213 e. The SMILES string of the molecule is CC(Oc1ccccc1)C(C)Oc1ccccn1. The highest BCUT2D eigenvalue weighted by atomic mass is 16.5. The van der Waals surface area contributed by atoms with E-state index in [0.717, 1.165) is 5.75 Å². The maximum atomic E-state index is 5.80. The number of nitrogens with zero attached hydrogens (tertiary/aromatic N) is 1. The van der Waals surface area contributed by atoms with E-state index in [-0.39, 0.29) is 12.2 Å². The molecule has 0 N–H and O–H groups in total. The fourth-order valence-corrected chi connectivity index (χ4v) is 1.51. The molecule has 1 aromatic carbocycles. The summed E-state index contributed by atoms with van der Waals surface area (Å²) in [5.41, 5.74) is 0. The summed E-state index contributed by atoms with van der Waals surface area (Å²) in [6, 6.07) is 15.3. The van der Waals surface area contributed by atoms with Crippen LogP contribution in [0.4, 0.5) is 0 Å². The van der Waals surface area contributed by atoms with Crippen LogP contribution in [0, 0.1) is 0 Å². The molecule has 2 aromatic rings. The Bertz CT molecular complexity index is 413. The van der Waals surface area contributed by atoms with Crippen molar-refractivity contribution in [2.24, 2.45) is 0 Å². The van der Waals surface area contributed by atoms with Crippen molar-refractivity contribution in [2.45, 2.75) is 26.1 Å². The summed E-state index contributed by atoms with van der Waals surface area (Å²) in [5, 5.41) is 0. The lowest BCUT2D eigenvalue weighted by molar-refractivity contribution is 0.0746. The molecular weight excluding hydrogens is 226 g/mol. The van der Waals surface area contributed by atoms with Crippen molar-refractivity contribution in [2.75, 3.05) is 0 Å². The number of ether oxygens (including phenoxy) is 2.